The van der Waals surface area contributed by atoms with E-state index in [1.807, 2.05) is 24.3 Å². The van der Waals surface area contributed by atoms with Crippen molar-refractivity contribution in [2.75, 3.05) is 13.7 Å². The molecule has 0 N–H and O–H groups in total. The van der Waals surface area contributed by atoms with Crippen molar-refractivity contribution in [1.29, 1.82) is 5.26 Å². The van der Waals surface area contributed by atoms with E-state index in [0.29, 0.717) is 29.5 Å². The number of aromatic nitrogens is 3. The zero-order chi connectivity index (χ0) is 18.4. The van der Waals surface area contributed by atoms with Gasteiger partial charge in [-0.25, -0.2) is 0 Å². The van der Waals surface area contributed by atoms with Crippen LogP contribution in [0.2, 0.25) is 0 Å². The summed E-state index contributed by atoms with van der Waals surface area (Å²) in [7, 11) is 1.59. The fraction of sp³-hybridized carbons (Fsp3) is 0.350. The van der Waals surface area contributed by atoms with Crippen molar-refractivity contribution in [2.45, 2.75) is 32.2 Å². The van der Waals surface area contributed by atoms with E-state index in [0.717, 1.165) is 37.2 Å². The van der Waals surface area contributed by atoms with E-state index in [1.165, 1.54) is 6.42 Å². The summed E-state index contributed by atoms with van der Waals surface area (Å²) in [6, 6.07) is 7.82. The summed E-state index contributed by atoms with van der Waals surface area (Å²) in [5.74, 6) is 2.84. The minimum atomic E-state index is 0.404. The van der Waals surface area contributed by atoms with Gasteiger partial charge in [0.05, 0.1) is 12.7 Å². The Labute approximate surface area is 153 Å². The zero-order valence-corrected chi connectivity index (χ0v) is 14.9. The van der Waals surface area contributed by atoms with E-state index >= 15 is 0 Å². The van der Waals surface area contributed by atoms with Gasteiger partial charge in [0.1, 0.15) is 18.5 Å². The zero-order valence-electron chi connectivity index (χ0n) is 14.9. The summed E-state index contributed by atoms with van der Waals surface area (Å²) >= 11 is 0. The van der Waals surface area contributed by atoms with E-state index in [1.54, 1.807) is 13.2 Å². The van der Waals surface area contributed by atoms with Crippen LogP contribution in [0.25, 0.3) is 11.6 Å². The Hall–Kier alpha value is -3.07. The van der Waals surface area contributed by atoms with Crippen LogP contribution in [0, 0.1) is 11.3 Å². The molecule has 26 heavy (non-hydrogen) atoms. The number of methoxy groups -OCH3 is 1. The first-order valence-corrected chi connectivity index (χ1v) is 8.72. The van der Waals surface area contributed by atoms with Crippen LogP contribution < -0.4 is 9.47 Å². The molecular weight excluding hydrogens is 328 g/mol. The second kappa shape index (κ2) is 8.34. The molecular formula is C20H22N4O2. The van der Waals surface area contributed by atoms with Crippen molar-refractivity contribution < 1.29 is 9.47 Å². The molecule has 6 nitrogen and oxygen atoms in total. The summed E-state index contributed by atoms with van der Waals surface area (Å²) in [5.41, 5.74) is 1.34. The fourth-order valence-electron chi connectivity index (χ4n) is 3.04. The molecule has 0 unspecified atom stereocenters. The van der Waals surface area contributed by atoms with Crippen LogP contribution in [0.5, 0.6) is 11.5 Å². The number of hydrogen-bond donors (Lipinski definition) is 0. The second-order valence-corrected chi connectivity index (χ2v) is 6.08. The molecule has 1 aromatic heterocycles. The largest absolute Gasteiger partial charge is 0.493 e. The van der Waals surface area contributed by atoms with Crippen LogP contribution in [0.3, 0.4) is 0 Å². The molecule has 6 heteroatoms. The van der Waals surface area contributed by atoms with Crippen molar-refractivity contribution >= 4 is 11.6 Å². The Bertz CT molecular complexity index is 861. The Morgan fingerprint density at radius 2 is 2.19 bits per heavy atom. The third-order valence-corrected chi connectivity index (χ3v) is 4.33. The molecule has 1 aliphatic rings. The number of nitriles is 1. The third kappa shape index (κ3) is 3.77. The maximum Gasteiger partial charge on any atom is 0.174 e. The van der Waals surface area contributed by atoms with Crippen LogP contribution in [0.15, 0.2) is 30.9 Å². The van der Waals surface area contributed by atoms with Crippen LogP contribution in [-0.4, -0.2) is 28.5 Å². The van der Waals surface area contributed by atoms with Gasteiger partial charge in [0, 0.05) is 13.0 Å². The molecule has 3 rings (SSSR count). The molecule has 0 bridgehead atoms. The first-order valence-electron chi connectivity index (χ1n) is 8.72. The average molecular weight is 350 g/mol. The van der Waals surface area contributed by atoms with Gasteiger partial charge in [-0.1, -0.05) is 25.1 Å². The first kappa shape index (κ1) is 17.7. The lowest BCUT2D eigenvalue weighted by molar-refractivity contribution is 0.326. The molecule has 0 atom stereocenters. The predicted molar refractivity (Wildman–Crippen MR) is 99.7 cm³/mol. The van der Waals surface area contributed by atoms with Crippen molar-refractivity contribution in [3.8, 4) is 17.6 Å². The van der Waals surface area contributed by atoms with Crippen LogP contribution in [0.4, 0.5) is 0 Å². The topological polar surface area (TPSA) is 73.0 Å². The Morgan fingerprint density at radius 1 is 1.31 bits per heavy atom. The monoisotopic (exact) mass is 350 g/mol. The maximum atomic E-state index is 9.66. The molecule has 0 radical (unpaired) electrons. The number of benzene rings is 1. The van der Waals surface area contributed by atoms with Gasteiger partial charge in [-0.05, 0) is 36.6 Å². The molecule has 134 valence electrons. The van der Waals surface area contributed by atoms with Gasteiger partial charge in [-0.15, -0.1) is 10.2 Å². The standard InChI is InChI=1S/C20H22N4O2/c1-3-11-26-17-9-8-15(13-18(17)25-2)12-16(14-21)20-23-22-19-7-5-4-6-10-24(19)20/h3,8-9,12-13H,1,4-7,10-11H2,2H3/b16-12+. The Kier molecular flexibility index (Phi) is 5.69. The van der Waals surface area contributed by atoms with E-state index in [4.69, 9.17) is 9.47 Å². The highest BCUT2D eigenvalue weighted by atomic mass is 16.5. The van der Waals surface area contributed by atoms with Gasteiger partial charge in [0.25, 0.3) is 0 Å². The minimum absolute atomic E-state index is 0.404. The molecule has 0 saturated heterocycles. The van der Waals surface area contributed by atoms with Crippen LogP contribution in [0.1, 0.15) is 36.5 Å². The van der Waals surface area contributed by atoms with Crippen LogP contribution in [-0.2, 0) is 13.0 Å². The number of hydrogen-bond acceptors (Lipinski definition) is 5. The van der Waals surface area contributed by atoms with E-state index in [2.05, 4.69) is 27.4 Å². The van der Waals surface area contributed by atoms with Gasteiger partial charge in [0.2, 0.25) is 0 Å². The number of ether oxygens (including phenoxy) is 2. The van der Waals surface area contributed by atoms with Crippen molar-refractivity contribution in [3.63, 3.8) is 0 Å². The minimum Gasteiger partial charge on any atom is -0.493 e. The van der Waals surface area contributed by atoms with E-state index < -0.39 is 0 Å². The van der Waals surface area contributed by atoms with E-state index in [9.17, 15) is 5.26 Å². The fourth-order valence-corrected chi connectivity index (χ4v) is 3.04. The first-order chi connectivity index (χ1) is 12.8. The van der Waals surface area contributed by atoms with Gasteiger partial charge < -0.3 is 14.0 Å². The maximum absolute atomic E-state index is 9.66. The highest BCUT2D eigenvalue weighted by molar-refractivity contribution is 5.87. The quantitative estimate of drug-likeness (QED) is 0.587. The van der Waals surface area contributed by atoms with Gasteiger partial charge in [-0.3, -0.25) is 0 Å². The number of aryl methyl sites for hydroxylation is 1. The Balaban J connectivity index is 1.94. The molecule has 0 fully saturated rings. The smallest absolute Gasteiger partial charge is 0.174 e. The van der Waals surface area contributed by atoms with E-state index in [-0.39, 0.29) is 0 Å². The number of rotatable bonds is 6. The summed E-state index contributed by atoms with van der Waals surface area (Å²) < 4.78 is 13.0. The molecule has 0 spiro atoms. The number of fused-ring (bicyclic) bond motifs is 1. The Morgan fingerprint density at radius 3 is 2.96 bits per heavy atom. The molecule has 2 aromatic rings. The normalized spacial score (nSPS) is 14.1. The molecule has 1 aromatic carbocycles. The summed E-state index contributed by atoms with van der Waals surface area (Å²) in [4.78, 5) is 0. The summed E-state index contributed by atoms with van der Waals surface area (Å²) in [6.45, 7) is 4.90. The van der Waals surface area contributed by atoms with Gasteiger partial charge in [0.15, 0.2) is 17.3 Å². The number of nitrogens with zero attached hydrogens (tertiary/aromatic N) is 4. The predicted octanol–water partition coefficient (Wildman–Crippen LogP) is 3.64. The lowest BCUT2D eigenvalue weighted by Crippen LogP contribution is -2.05. The van der Waals surface area contributed by atoms with Crippen LogP contribution >= 0.6 is 0 Å². The highest BCUT2D eigenvalue weighted by Crippen LogP contribution is 2.30. The molecule has 0 saturated carbocycles. The van der Waals surface area contributed by atoms with Gasteiger partial charge in [-0.2, -0.15) is 5.26 Å². The van der Waals surface area contributed by atoms with Gasteiger partial charge >= 0.3 is 0 Å². The average Bonchev–Trinajstić information content (AvgIpc) is 2.92. The lowest BCUT2D eigenvalue weighted by atomic mass is 10.1. The summed E-state index contributed by atoms with van der Waals surface area (Å²) in [6.07, 6.45) is 7.78. The third-order valence-electron chi connectivity index (χ3n) is 4.33. The molecule has 1 aliphatic heterocycles. The second-order valence-electron chi connectivity index (χ2n) is 6.08. The SMILES string of the molecule is C=CCOc1ccc(/C=C(\C#N)c2nnc3n2CCCCC3)cc1OC. The number of allylic oxidation sites excluding steroid dienone is 1. The van der Waals surface area contributed by atoms with Crippen molar-refractivity contribution in [3.05, 3.63) is 48.1 Å². The molecule has 2 heterocycles. The van der Waals surface area contributed by atoms with Crippen molar-refractivity contribution in [1.82, 2.24) is 14.8 Å². The lowest BCUT2D eigenvalue weighted by Gasteiger charge is -2.10. The van der Waals surface area contributed by atoms with Crippen molar-refractivity contribution in [2.24, 2.45) is 0 Å². The summed E-state index contributed by atoms with van der Waals surface area (Å²) in [5, 5.41) is 18.2. The molecule has 0 amide bonds. The highest BCUT2D eigenvalue weighted by Gasteiger charge is 2.17. The molecule has 0 aliphatic carbocycles.